The minimum absolute atomic E-state index is 0.305. The molecular weight excluding hydrogens is 328 g/mol. The summed E-state index contributed by atoms with van der Waals surface area (Å²) in [5, 5.41) is 0.768. The SMILES string of the molecule is Clc1cc2c(cc1C(Br)CC1CCCC1)OCCO2. The van der Waals surface area contributed by atoms with Crippen molar-refractivity contribution in [2.24, 2.45) is 5.92 Å². The van der Waals surface area contributed by atoms with Crippen molar-refractivity contribution in [3.8, 4) is 11.5 Å². The van der Waals surface area contributed by atoms with Crippen molar-refractivity contribution in [1.29, 1.82) is 0 Å². The first-order chi connectivity index (χ1) is 9.24. The fraction of sp³-hybridized carbons (Fsp3) is 0.600. The Morgan fingerprint density at radius 2 is 1.79 bits per heavy atom. The van der Waals surface area contributed by atoms with Gasteiger partial charge in [0.15, 0.2) is 11.5 Å². The van der Waals surface area contributed by atoms with Gasteiger partial charge in [-0.05, 0) is 24.0 Å². The van der Waals surface area contributed by atoms with Gasteiger partial charge in [-0.2, -0.15) is 0 Å². The highest BCUT2D eigenvalue weighted by Gasteiger charge is 2.23. The number of hydrogen-bond acceptors (Lipinski definition) is 2. The van der Waals surface area contributed by atoms with E-state index in [2.05, 4.69) is 15.9 Å². The lowest BCUT2D eigenvalue weighted by atomic mass is 9.98. The minimum Gasteiger partial charge on any atom is -0.486 e. The predicted octanol–water partition coefficient (Wildman–Crippen LogP) is 5.13. The number of rotatable bonds is 3. The van der Waals surface area contributed by atoms with E-state index in [-0.39, 0.29) is 0 Å². The van der Waals surface area contributed by atoms with Crippen LogP contribution in [0, 0.1) is 5.92 Å². The second kappa shape index (κ2) is 5.92. The second-order valence-electron chi connectivity index (χ2n) is 5.37. The van der Waals surface area contributed by atoms with Crippen LogP contribution in [0.2, 0.25) is 5.02 Å². The molecule has 1 aromatic rings. The summed E-state index contributed by atoms with van der Waals surface area (Å²) in [6, 6.07) is 3.92. The summed E-state index contributed by atoms with van der Waals surface area (Å²) >= 11 is 10.2. The number of halogens is 2. The zero-order chi connectivity index (χ0) is 13.2. The molecule has 1 atom stereocenters. The summed E-state index contributed by atoms with van der Waals surface area (Å²) in [5.41, 5.74) is 1.12. The van der Waals surface area contributed by atoms with Crippen LogP contribution in [0.3, 0.4) is 0 Å². The quantitative estimate of drug-likeness (QED) is 0.707. The van der Waals surface area contributed by atoms with E-state index in [0.29, 0.717) is 18.0 Å². The summed E-state index contributed by atoms with van der Waals surface area (Å²) in [6.07, 6.45) is 6.60. The number of benzene rings is 1. The molecule has 0 bridgehead atoms. The van der Waals surface area contributed by atoms with Gasteiger partial charge in [-0.1, -0.05) is 53.2 Å². The molecule has 0 radical (unpaired) electrons. The number of ether oxygens (including phenoxy) is 2. The zero-order valence-corrected chi connectivity index (χ0v) is 13.2. The Bertz CT molecular complexity index is 458. The van der Waals surface area contributed by atoms with E-state index < -0.39 is 0 Å². The molecule has 1 saturated carbocycles. The molecule has 1 aromatic carbocycles. The van der Waals surface area contributed by atoms with Gasteiger partial charge < -0.3 is 9.47 Å². The van der Waals surface area contributed by atoms with Crippen LogP contribution in [0.5, 0.6) is 11.5 Å². The Balaban J connectivity index is 1.78. The number of hydrogen-bond donors (Lipinski definition) is 0. The average Bonchev–Trinajstić information content (AvgIpc) is 2.90. The Hall–Kier alpha value is -0.410. The maximum absolute atomic E-state index is 6.38. The highest BCUT2D eigenvalue weighted by Crippen LogP contribution is 2.43. The van der Waals surface area contributed by atoms with E-state index in [1.807, 2.05) is 12.1 Å². The van der Waals surface area contributed by atoms with Crippen LogP contribution in [-0.2, 0) is 0 Å². The van der Waals surface area contributed by atoms with Crippen molar-refractivity contribution >= 4 is 27.5 Å². The van der Waals surface area contributed by atoms with Crippen molar-refractivity contribution in [2.75, 3.05) is 13.2 Å². The molecular formula is C15H18BrClO2. The van der Waals surface area contributed by atoms with Gasteiger partial charge in [0.05, 0.1) is 0 Å². The summed E-state index contributed by atoms with van der Waals surface area (Å²) in [7, 11) is 0. The van der Waals surface area contributed by atoms with Crippen molar-refractivity contribution in [3.63, 3.8) is 0 Å². The van der Waals surface area contributed by atoms with Gasteiger partial charge in [0.2, 0.25) is 0 Å². The zero-order valence-electron chi connectivity index (χ0n) is 10.8. The van der Waals surface area contributed by atoms with Crippen LogP contribution in [0.1, 0.15) is 42.5 Å². The molecule has 3 rings (SSSR count). The molecule has 2 nitrogen and oxygen atoms in total. The van der Waals surface area contributed by atoms with E-state index in [0.717, 1.165) is 34.4 Å². The standard InChI is InChI=1S/C15H18BrClO2/c16-12(7-10-3-1-2-4-10)11-8-14-15(9-13(11)17)19-6-5-18-14/h8-10,12H,1-7H2. The van der Waals surface area contributed by atoms with Crippen LogP contribution >= 0.6 is 27.5 Å². The molecule has 1 aliphatic carbocycles. The molecule has 0 spiro atoms. The topological polar surface area (TPSA) is 18.5 Å². The number of alkyl halides is 1. The van der Waals surface area contributed by atoms with Gasteiger partial charge in [-0.25, -0.2) is 0 Å². The number of fused-ring (bicyclic) bond motifs is 1. The van der Waals surface area contributed by atoms with Crippen molar-refractivity contribution in [2.45, 2.75) is 36.9 Å². The highest BCUT2D eigenvalue weighted by atomic mass is 79.9. The third kappa shape index (κ3) is 3.03. The molecule has 0 aromatic heterocycles. The van der Waals surface area contributed by atoms with Gasteiger partial charge in [0.1, 0.15) is 13.2 Å². The maximum Gasteiger partial charge on any atom is 0.162 e. The summed E-state index contributed by atoms with van der Waals surface area (Å²) in [5.74, 6) is 2.41. The smallest absolute Gasteiger partial charge is 0.162 e. The summed E-state index contributed by atoms with van der Waals surface area (Å²) < 4.78 is 11.2. The minimum atomic E-state index is 0.305. The van der Waals surface area contributed by atoms with Crippen molar-refractivity contribution < 1.29 is 9.47 Å². The lowest BCUT2D eigenvalue weighted by Crippen LogP contribution is -2.15. The van der Waals surface area contributed by atoms with Crippen LogP contribution in [0.15, 0.2) is 12.1 Å². The lowest BCUT2D eigenvalue weighted by Gasteiger charge is -2.22. The predicted molar refractivity (Wildman–Crippen MR) is 80.7 cm³/mol. The molecule has 1 unspecified atom stereocenters. The van der Waals surface area contributed by atoms with Gasteiger partial charge in [-0.15, -0.1) is 0 Å². The fourth-order valence-electron chi connectivity index (χ4n) is 2.99. The van der Waals surface area contributed by atoms with Crippen LogP contribution in [0.25, 0.3) is 0 Å². The van der Waals surface area contributed by atoms with Gasteiger partial charge in [0, 0.05) is 15.9 Å². The molecule has 1 aliphatic heterocycles. The third-order valence-electron chi connectivity index (χ3n) is 4.01. The van der Waals surface area contributed by atoms with E-state index >= 15 is 0 Å². The molecule has 0 amide bonds. The van der Waals surface area contributed by atoms with E-state index in [1.165, 1.54) is 25.7 Å². The third-order valence-corrected chi connectivity index (χ3v) is 5.21. The molecule has 1 heterocycles. The van der Waals surface area contributed by atoms with Gasteiger partial charge >= 0.3 is 0 Å². The molecule has 1 fully saturated rings. The van der Waals surface area contributed by atoms with Crippen LogP contribution < -0.4 is 9.47 Å². The van der Waals surface area contributed by atoms with E-state index in [4.69, 9.17) is 21.1 Å². The molecule has 104 valence electrons. The Morgan fingerprint density at radius 1 is 1.16 bits per heavy atom. The molecule has 0 N–H and O–H groups in total. The Kier molecular flexibility index (Phi) is 4.23. The average molecular weight is 346 g/mol. The van der Waals surface area contributed by atoms with Crippen molar-refractivity contribution in [1.82, 2.24) is 0 Å². The molecule has 4 heteroatoms. The van der Waals surface area contributed by atoms with Gasteiger partial charge in [0.25, 0.3) is 0 Å². The van der Waals surface area contributed by atoms with E-state index in [1.54, 1.807) is 0 Å². The lowest BCUT2D eigenvalue weighted by molar-refractivity contribution is 0.171. The second-order valence-corrected chi connectivity index (χ2v) is 6.88. The monoisotopic (exact) mass is 344 g/mol. The Morgan fingerprint density at radius 3 is 2.47 bits per heavy atom. The largest absolute Gasteiger partial charge is 0.486 e. The highest BCUT2D eigenvalue weighted by molar-refractivity contribution is 9.09. The Labute approximate surface area is 127 Å². The molecule has 0 saturated heterocycles. The van der Waals surface area contributed by atoms with Crippen molar-refractivity contribution in [3.05, 3.63) is 22.7 Å². The van der Waals surface area contributed by atoms with E-state index in [9.17, 15) is 0 Å². The molecule has 2 aliphatic rings. The summed E-state index contributed by atoms with van der Waals surface area (Å²) in [4.78, 5) is 0.305. The molecule has 19 heavy (non-hydrogen) atoms. The maximum atomic E-state index is 6.38. The first-order valence-corrected chi connectivity index (χ1v) is 8.26. The first-order valence-electron chi connectivity index (χ1n) is 6.97. The van der Waals surface area contributed by atoms with Gasteiger partial charge in [-0.3, -0.25) is 0 Å². The van der Waals surface area contributed by atoms with Crippen LogP contribution in [0.4, 0.5) is 0 Å². The normalized spacial score (nSPS) is 20.5. The summed E-state index contributed by atoms with van der Waals surface area (Å²) in [6.45, 7) is 1.21. The fourth-order valence-corrected chi connectivity index (χ4v) is 4.31. The first kappa shape index (κ1) is 13.6. The van der Waals surface area contributed by atoms with Crippen LogP contribution in [-0.4, -0.2) is 13.2 Å².